The highest BCUT2D eigenvalue weighted by Crippen LogP contribution is 2.20. The molecule has 0 unspecified atom stereocenters. The fourth-order valence-electron chi connectivity index (χ4n) is 1.95. The summed E-state index contributed by atoms with van der Waals surface area (Å²) in [4.78, 5) is -0.151. The molecular formula is C16H18FNO4S. The number of hydrogen-bond acceptors (Lipinski definition) is 4. The fourth-order valence-corrected chi connectivity index (χ4v) is 2.98. The van der Waals surface area contributed by atoms with Gasteiger partial charge in [-0.15, -0.1) is 0 Å². The van der Waals surface area contributed by atoms with E-state index in [9.17, 15) is 12.8 Å². The normalized spacial score (nSPS) is 11.3. The molecule has 2 rings (SSSR count). The fraction of sp³-hybridized carbons (Fsp3) is 0.250. The Labute approximate surface area is 135 Å². The highest BCUT2D eigenvalue weighted by atomic mass is 32.2. The average molecular weight is 339 g/mol. The van der Waals surface area contributed by atoms with Gasteiger partial charge in [-0.05, 0) is 42.8 Å². The number of rotatable bonds is 7. The van der Waals surface area contributed by atoms with Crippen molar-refractivity contribution in [3.05, 3.63) is 53.8 Å². The molecule has 124 valence electrons. The SMILES string of the molecule is CCOc1ccc(CNS(=O)(=O)c2ccc(OC)c(F)c2)cc1. The van der Waals surface area contributed by atoms with Crippen LogP contribution in [0.25, 0.3) is 0 Å². The van der Waals surface area contributed by atoms with E-state index in [1.165, 1.54) is 19.2 Å². The topological polar surface area (TPSA) is 64.6 Å². The van der Waals surface area contributed by atoms with E-state index in [0.717, 1.165) is 17.4 Å². The van der Waals surface area contributed by atoms with E-state index in [0.29, 0.717) is 6.61 Å². The third-order valence-electron chi connectivity index (χ3n) is 3.13. The molecule has 23 heavy (non-hydrogen) atoms. The maximum Gasteiger partial charge on any atom is 0.240 e. The molecule has 1 N–H and O–H groups in total. The minimum Gasteiger partial charge on any atom is -0.494 e. The maximum atomic E-state index is 13.6. The van der Waals surface area contributed by atoms with Crippen molar-refractivity contribution >= 4 is 10.0 Å². The van der Waals surface area contributed by atoms with Gasteiger partial charge in [0.2, 0.25) is 10.0 Å². The summed E-state index contributed by atoms with van der Waals surface area (Å²) in [6, 6.07) is 10.6. The molecule has 0 saturated carbocycles. The van der Waals surface area contributed by atoms with E-state index in [-0.39, 0.29) is 17.2 Å². The van der Waals surface area contributed by atoms with E-state index in [4.69, 9.17) is 9.47 Å². The Morgan fingerprint density at radius 3 is 2.39 bits per heavy atom. The van der Waals surface area contributed by atoms with Gasteiger partial charge in [-0.2, -0.15) is 0 Å². The van der Waals surface area contributed by atoms with Gasteiger partial charge in [0.05, 0.1) is 18.6 Å². The molecule has 0 radical (unpaired) electrons. The molecule has 2 aromatic rings. The maximum absolute atomic E-state index is 13.6. The van der Waals surface area contributed by atoms with E-state index in [1.807, 2.05) is 6.92 Å². The van der Waals surface area contributed by atoms with Crippen LogP contribution in [0, 0.1) is 5.82 Å². The van der Waals surface area contributed by atoms with E-state index in [2.05, 4.69) is 4.72 Å². The van der Waals surface area contributed by atoms with Crippen molar-refractivity contribution in [2.24, 2.45) is 0 Å². The molecule has 0 aromatic heterocycles. The number of nitrogens with one attached hydrogen (secondary N) is 1. The minimum absolute atomic E-state index is 0.00420. The van der Waals surface area contributed by atoms with E-state index in [1.54, 1.807) is 24.3 Å². The smallest absolute Gasteiger partial charge is 0.240 e. The van der Waals surface area contributed by atoms with Crippen molar-refractivity contribution in [2.75, 3.05) is 13.7 Å². The monoisotopic (exact) mass is 339 g/mol. The largest absolute Gasteiger partial charge is 0.494 e. The van der Waals surface area contributed by atoms with E-state index < -0.39 is 15.8 Å². The van der Waals surface area contributed by atoms with Crippen molar-refractivity contribution in [1.29, 1.82) is 0 Å². The van der Waals surface area contributed by atoms with Crippen molar-refractivity contribution < 1.29 is 22.3 Å². The molecule has 7 heteroatoms. The first-order valence-corrected chi connectivity index (χ1v) is 8.49. The molecule has 2 aromatic carbocycles. The van der Waals surface area contributed by atoms with Gasteiger partial charge >= 0.3 is 0 Å². The first kappa shape index (κ1) is 17.2. The third kappa shape index (κ3) is 4.43. The number of hydrogen-bond donors (Lipinski definition) is 1. The van der Waals surface area contributed by atoms with Crippen LogP contribution in [0.2, 0.25) is 0 Å². The second-order valence-electron chi connectivity index (χ2n) is 4.70. The Kier molecular flexibility index (Phi) is 5.57. The first-order chi connectivity index (χ1) is 11.0. The third-order valence-corrected chi connectivity index (χ3v) is 4.53. The second kappa shape index (κ2) is 7.43. The molecule has 0 amide bonds. The summed E-state index contributed by atoms with van der Waals surface area (Å²) in [5.41, 5.74) is 0.769. The van der Waals surface area contributed by atoms with Crippen LogP contribution in [0.3, 0.4) is 0 Å². The summed E-state index contributed by atoms with van der Waals surface area (Å²) in [5, 5.41) is 0. The molecule has 0 aliphatic rings. The lowest BCUT2D eigenvalue weighted by atomic mass is 10.2. The predicted octanol–water partition coefficient (Wildman–Crippen LogP) is 2.71. The highest BCUT2D eigenvalue weighted by Gasteiger charge is 2.16. The number of benzene rings is 2. The average Bonchev–Trinajstić information content (AvgIpc) is 2.54. The number of halogens is 1. The Hall–Kier alpha value is -2.12. The Morgan fingerprint density at radius 2 is 1.83 bits per heavy atom. The Morgan fingerprint density at radius 1 is 1.13 bits per heavy atom. The molecule has 0 heterocycles. The minimum atomic E-state index is -3.80. The zero-order valence-electron chi connectivity index (χ0n) is 12.9. The van der Waals surface area contributed by atoms with Crippen molar-refractivity contribution in [2.45, 2.75) is 18.4 Å². The lowest BCUT2D eigenvalue weighted by Crippen LogP contribution is -2.23. The van der Waals surface area contributed by atoms with Gasteiger partial charge in [-0.3, -0.25) is 0 Å². The summed E-state index contributed by atoms with van der Waals surface area (Å²) < 4.78 is 50.5. The molecule has 0 saturated heterocycles. The van der Waals surface area contributed by atoms with E-state index >= 15 is 0 Å². The molecule has 0 aliphatic carbocycles. The van der Waals surface area contributed by atoms with Gasteiger partial charge in [-0.25, -0.2) is 17.5 Å². The summed E-state index contributed by atoms with van der Waals surface area (Å²) in [6.45, 7) is 2.55. The van der Waals surface area contributed by atoms with Crippen molar-refractivity contribution in [1.82, 2.24) is 4.72 Å². The summed E-state index contributed by atoms with van der Waals surface area (Å²) in [6.07, 6.45) is 0. The van der Waals surface area contributed by atoms with Crippen molar-refractivity contribution in [3.8, 4) is 11.5 Å². The molecule has 0 spiro atoms. The summed E-state index contributed by atoms with van der Waals surface area (Å²) in [5.74, 6) is -0.0109. The summed E-state index contributed by atoms with van der Waals surface area (Å²) >= 11 is 0. The zero-order valence-corrected chi connectivity index (χ0v) is 13.7. The molecule has 0 fully saturated rings. The van der Waals surface area contributed by atoms with Gasteiger partial charge < -0.3 is 9.47 Å². The van der Waals surface area contributed by atoms with Crippen LogP contribution in [0.1, 0.15) is 12.5 Å². The lowest BCUT2D eigenvalue weighted by molar-refractivity contribution is 0.340. The molecule has 0 bridgehead atoms. The number of sulfonamides is 1. The van der Waals surface area contributed by atoms with Crippen LogP contribution in [0.4, 0.5) is 4.39 Å². The molecule has 0 aliphatic heterocycles. The van der Waals surface area contributed by atoms with Crippen LogP contribution in [0.15, 0.2) is 47.4 Å². The number of methoxy groups -OCH3 is 1. The van der Waals surface area contributed by atoms with Crippen LogP contribution in [-0.4, -0.2) is 22.1 Å². The quantitative estimate of drug-likeness (QED) is 0.842. The molecule has 0 atom stereocenters. The van der Waals surface area contributed by atoms with Gasteiger partial charge in [0.1, 0.15) is 5.75 Å². The molecular weight excluding hydrogens is 321 g/mol. The zero-order chi connectivity index (χ0) is 16.9. The van der Waals surface area contributed by atoms with Crippen LogP contribution in [-0.2, 0) is 16.6 Å². The number of ether oxygens (including phenoxy) is 2. The second-order valence-corrected chi connectivity index (χ2v) is 6.46. The van der Waals surface area contributed by atoms with Gasteiger partial charge in [-0.1, -0.05) is 12.1 Å². The Bertz CT molecular complexity index is 760. The predicted molar refractivity (Wildman–Crippen MR) is 84.6 cm³/mol. The first-order valence-electron chi connectivity index (χ1n) is 7.01. The van der Waals surface area contributed by atoms with Gasteiger partial charge in [0, 0.05) is 6.54 Å². The Balaban J connectivity index is 2.07. The highest BCUT2D eigenvalue weighted by molar-refractivity contribution is 7.89. The van der Waals surface area contributed by atoms with Gasteiger partial charge in [0.15, 0.2) is 11.6 Å². The van der Waals surface area contributed by atoms with Crippen LogP contribution in [0.5, 0.6) is 11.5 Å². The lowest BCUT2D eigenvalue weighted by Gasteiger charge is -2.09. The molecule has 5 nitrogen and oxygen atoms in total. The van der Waals surface area contributed by atoms with Gasteiger partial charge in [0.25, 0.3) is 0 Å². The van der Waals surface area contributed by atoms with Crippen LogP contribution < -0.4 is 14.2 Å². The standard InChI is InChI=1S/C16H18FNO4S/c1-3-22-13-6-4-12(5-7-13)11-18-23(19,20)14-8-9-16(21-2)15(17)10-14/h4-10,18H,3,11H2,1-2H3. The van der Waals surface area contributed by atoms with Crippen LogP contribution >= 0.6 is 0 Å². The van der Waals surface area contributed by atoms with Crippen molar-refractivity contribution in [3.63, 3.8) is 0 Å². The summed E-state index contributed by atoms with van der Waals surface area (Å²) in [7, 11) is -2.49.